The van der Waals surface area contributed by atoms with Crippen molar-refractivity contribution in [3.8, 4) is 0 Å². The lowest BCUT2D eigenvalue weighted by Gasteiger charge is -2.38. The highest BCUT2D eigenvalue weighted by Gasteiger charge is 2.38. The molecule has 1 aliphatic heterocycles. The molecule has 1 unspecified atom stereocenters. The Morgan fingerprint density at radius 1 is 1.32 bits per heavy atom. The fourth-order valence-corrected chi connectivity index (χ4v) is 3.64. The Balaban J connectivity index is 1.80. The van der Waals surface area contributed by atoms with Crippen molar-refractivity contribution >= 4 is 29.1 Å². The average molecular weight is 429 g/mol. The van der Waals surface area contributed by atoms with Crippen LogP contribution in [0.4, 0.5) is 8.78 Å². The molecule has 0 bridgehead atoms. The first-order chi connectivity index (χ1) is 13.3. The van der Waals surface area contributed by atoms with Crippen molar-refractivity contribution < 1.29 is 13.6 Å². The van der Waals surface area contributed by atoms with Crippen LogP contribution in [0.2, 0.25) is 10.0 Å². The van der Waals surface area contributed by atoms with Crippen LogP contribution in [0.15, 0.2) is 30.6 Å². The number of aromatic nitrogens is 2. The third kappa shape index (κ3) is 4.96. The molecule has 2 aromatic rings. The molecule has 1 fully saturated rings. The van der Waals surface area contributed by atoms with Gasteiger partial charge < -0.3 is 5.32 Å². The molecule has 1 atom stereocenters. The summed E-state index contributed by atoms with van der Waals surface area (Å²) in [5, 5.41) is 3.21. The SMILES string of the molecule is Cc1ncc(C(CNC(=O)c2cccc(Cl)c2Cl)N2CCCC(F)(F)C2)cn1. The van der Waals surface area contributed by atoms with Crippen molar-refractivity contribution in [3.05, 3.63) is 57.6 Å². The number of nitrogens with zero attached hydrogens (tertiary/aromatic N) is 3. The summed E-state index contributed by atoms with van der Waals surface area (Å²) in [4.78, 5) is 22.6. The number of rotatable bonds is 5. The number of piperidine rings is 1. The Labute approximate surface area is 172 Å². The van der Waals surface area contributed by atoms with Gasteiger partial charge in [-0.25, -0.2) is 18.7 Å². The van der Waals surface area contributed by atoms with E-state index in [1.807, 2.05) is 0 Å². The second kappa shape index (κ2) is 8.68. The van der Waals surface area contributed by atoms with E-state index in [0.29, 0.717) is 24.4 Å². The quantitative estimate of drug-likeness (QED) is 0.771. The first kappa shape index (κ1) is 20.9. The monoisotopic (exact) mass is 428 g/mol. The number of hydrogen-bond acceptors (Lipinski definition) is 4. The molecule has 9 heteroatoms. The number of carbonyl (C=O) groups excluding carboxylic acids is 1. The second-order valence-electron chi connectivity index (χ2n) is 6.82. The molecule has 1 aromatic carbocycles. The highest BCUT2D eigenvalue weighted by Crippen LogP contribution is 2.32. The predicted octanol–water partition coefficient (Wildman–Crippen LogP) is 4.29. The van der Waals surface area contributed by atoms with Gasteiger partial charge in [0.1, 0.15) is 5.82 Å². The van der Waals surface area contributed by atoms with Crippen LogP contribution in [0.3, 0.4) is 0 Å². The van der Waals surface area contributed by atoms with Gasteiger partial charge in [0, 0.05) is 30.9 Å². The summed E-state index contributed by atoms with van der Waals surface area (Å²) in [6.45, 7) is 1.99. The van der Waals surface area contributed by atoms with Crippen LogP contribution in [-0.2, 0) is 0 Å². The van der Waals surface area contributed by atoms with Gasteiger partial charge >= 0.3 is 0 Å². The van der Waals surface area contributed by atoms with Crippen molar-refractivity contribution in [1.29, 1.82) is 0 Å². The number of halogens is 4. The highest BCUT2D eigenvalue weighted by molar-refractivity contribution is 6.43. The van der Waals surface area contributed by atoms with Crippen molar-refractivity contribution in [1.82, 2.24) is 20.2 Å². The van der Waals surface area contributed by atoms with Crippen LogP contribution in [0.25, 0.3) is 0 Å². The Morgan fingerprint density at radius 3 is 2.71 bits per heavy atom. The third-order valence-electron chi connectivity index (χ3n) is 4.70. The molecule has 3 rings (SSSR count). The minimum absolute atomic E-state index is 0.115. The number of carbonyl (C=O) groups is 1. The van der Waals surface area contributed by atoms with E-state index in [1.54, 1.807) is 42.4 Å². The molecule has 0 saturated carbocycles. The Bertz CT molecular complexity index is 848. The normalized spacial score (nSPS) is 17.9. The van der Waals surface area contributed by atoms with Crippen LogP contribution in [-0.4, -0.2) is 46.3 Å². The minimum atomic E-state index is -2.76. The fourth-order valence-electron chi connectivity index (χ4n) is 3.26. The Kier molecular flexibility index (Phi) is 6.47. The molecular formula is C19H20Cl2F2N4O. The van der Waals surface area contributed by atoms with Gasteiger partial charge in [-0.05, 0) is 32.0 Å². The molecule has 150 valence electrons. The molecule has 1 saturated heterocycles. The lowest BCUT2D eigenvalue weighted by molar-refractivity contribution is -0.0751. The van der Waals surface area contributed by atoms with E-state index < -0.39 is 17.9 Å². The van der Waals surface area contributed by atoms with Gasteiger partial charge in [-0.3, -0.25) is 9.69 Å². The smallest absolute Gasteiger partial charge is 0.260 e. The summed E-state index contributed by atoms with van der Waals surface area (Å²) in [7, 11) is 0. The summed E-state index contributed by atoms with van der Waals surface area (Å²) >= 11 is 12.1. The Morgan fingerprint density at radius 2 is 2.04 bits per heavy atom. The topological polar surface area (TPSA) is 58.1 Å². The van der Waals surface area contributed by atoms with E-state index in [0.717, 1.165) is 0 Å². The zero-order valence-electron chi connectivity index (χ0n) is 15.3. The minimum Gasteiger partial charge on any atom is -0.350 e. The molecule has 0 spiro atoms. The van der Waals surface area contributed by atoms with E-state index in [9.17, 15) is 13.6 Å². The van der Waals surface area contributed by atoms with Crippen molar-refractivity contribution in [2.45, 2.75) is 31.7 Å². The summed E-state index contributed by atoms with van der Waals surface area (Å²) in [6, 6.07) is 4.29. The summed E-state index contributed by atoms with van der Waals surface area (Å²) in [5.74, 6) is -2.60. The molecule has 2 heterocycles. The van der Waals surface area contributed by atoms with Crippen molar-refractivity contribution in [3.63, 3.8) is 0 Å². The van der Waals surface area contributed by atoms with E-state index in [4.69, 9.17) is 23.2 Å². The first-order valence-corrected chi connectivity index (χ1v) is 9.65. The zero-order chi connectivity index (χ0) is 20.3. The van der Waals surface area contributed by atoms with Gasteiger partial charge in [-0.15, -0.1) is 0 Å². The molecule has 5 nitrogen and oxygen atoms in total. The number of likely N-dealkylation sites (tertiary alicyclic amines) is 1. The zero-order valence-corrected chi connectivity index (χ0v) is 16.8. The first-order valence-electron chi connectivity index (χ1n) is 8.89. The number of amides is 1. The maximum atomic E-state index is 14.0. The molecule has 1 aliphatic rings. The lowest BCUT2D eigenvalue weighted by atomic mass is 10.0. The Hall–Kier alpha value is -1.83. The van der Waals surface area contributed by atoms with Gasteiger partial charge in [0.05, 0.1) is 28.2 Å². The highest BCUT2D eigenvalue weighted by atomic mass is 35.5. The number of alkyl halides is 2. The van der Waals surface area contributed by atoms with Gasteiger partial charge in [0.25, 0.3) is 11.8 Å². The third-order valence-corrected chi connectivity index (χ3v) is 5.52. The average Bonchev–Trinajstić information content (AvgIpc) is 2.64. The van der Waals surface area contributed by atoms with Gasteiger partial charge in [0.15, 0.2) is 0 Å². The van der Waals surface area contributed by atoms with Crippen LogP contribution in [0, 0.1) is 6.92 Å². The van der Waals surface area contributed by atoms with E-state index in [2.05, 4.69) is 15.3 Å². The fraction of sp³-hybridized carbons (Fsp3) is 0.421. The number of nitrogens with one attached hydrogen (secondary N) is 1. The van der Waals surface area contributed by atoms with Gasteiger partial charge in [-0.2, -0.15) is 0 Å². The standard InChI is InChI=1S/C19H20Cl2F2N4O/c1-12-24-8-13(9-25-12)16(27-7-3-6-19(22,23)11-27)10-26-18(28)14-4-2-5-15(20)17(14)21/h2,4-5,8-9,16H,3,6-7,10-11H2,1H3,(H,26,28). The molecule has 1 amide bonds. The molecular weight excluding hydrogens is 409 g/mol. The van der Waals surface area contributed by atoms with Crippen LogP contribution in [0.5, 0.6) is 0 Å². The molecule has 0 aliphatic carbocycles. The van der Waals surface area contributed by atoms with Crippen LogP contribution >= 0.6 is 23.2 Å². The van der Waals surface area contributed by atoms with Gasteiger partial charge in [-0.1, -0.05) is 29.3 Å². The van der Waals surface area contributed by atoms with Gasteiger partial charge in [0.2, 0.25) is 0 Å². The van der Waals surface area contributed by atoms with Crippen LogP contribution in [0.1, 0.15) is 40.6 Å². The maximum absolute atomic E-state index is 14.0. The summed E-state index contributed by atoms with van der Waals surface area (Å²) in [6.07, 6.45) is 3.46. The van der Waals surface area contributed by atoms with E-state index >= 15 is 0 Å². The molecule has 28 heavy (non-hydrogen) atoms. The maximum Gasteiger partial charge on any atom is 0.260 e. The van der Waals surface area contributed by atoms with Crippen molar-refractivity contribution in [2.75, 3.05) is 19.6 Å². The predicted molar refractivity (Wildman–Crippen MR) is 104 cm³/mol. The van der Waals surface area contributed by atoms with E-state index in [1.165, 1.54) is 0 Å². The number of benzene rings is 1. The summed E-state index contributed by atoms with van der Waals surface area (Å²) in [5.41, 5.74) is 0.901. The molecule has 0 radical (unpaired) electrons. The molecule has 1 N–H and O–H groups in total. The van der Waals surface area contributed by atoms with Crippen molar-refractivity contribution in [2.24, 2.45) is 0 Å². The number of aryl methyl sites for hydroxylation is 1. The van der Waals surface area contributed by atoms with Crippen LogP contribution < -0.4 is 5.32 Å². The molecule has 1 aromatic heterocycles. The number of hydrogen-bond donors (Lipinski definition) is 1. The largest absolute Gasteiger partial charge is 0.350 e. The summed E-state index contributed by atoms with van der Waals surface area (Å²) < 4.78 is 27.9. The lowest BCUT2D eigenvalue weighted by Crippen LogP contribution is -2.47. The van der Waals surface area contributed by atoms with E-state index in [-0.39, 0.29) is 35.1 Å². The second-order valence-corrected chi connectivity index (χ2v) is 7.61.